The lowest BCUT2D eigenvalue weighted by Gasteiger charge is -2.38. The molecule has 0 saturated carbocycles. The zero-order valence-electron chi connectivity index (χ0n) is 18.5. The van der Waals surface area contributed by atoms with Crippen LogP contribution in [0.5, 0.6) is 28.7 Å². The molecule has 4 atom stereocenters. The van der Waals surface area contributed by atoms with Crippen molar-refractivity contribution in [3.05, 3.63) is 41.0 Å². The number of carbonyl (C=O) groups excluding carboxylic acids is 1. The molecule has 182 valence electrons. The van der Waals surface area contributed by atoms with Gasteiger partial charge in [-0.3, -0.25) is 14.6 Å². The van der Waals surface area contributed by atoms with E-state index < -0.39 is 25.8 Å². The fraction of sp³-hybridized carbons (Fsp3) is 0.409. The van der Waals surface area contributed by atoms with Crippen LogP contribution in [0.2, 0.25) is 0 Å². The number of phosphoric acid groups is 1. The SMILES string of the molecule is COc1cc([C@@H]2c3cc4c(cc3[C@H](OC)C3COC(=O)[C@@H]32)OCO4)cc(OC)c1OP(=O)(O)O. The van der Waals surface area contributed by atoms with Gasteiger partial charge in [0.05, 0.1) is 32.8 Å². The van der Waals surface area contributed by atoms with Crippen molar-refractivity contribution in [1.29, 1.82) is 0 Å². The van der Waals surface area contributed by atoms with Gasteiger partial charge in [-0.2, -0.15) is 0 Å². The summed E-state index contributed by atoms with van der Waals surface area (Å²) in [5, 5.41) is 0. The Bertz CT molecular complexity index is 1160. The van der Waals surface area contributed by atoms with Gasteiger partial charge in [0.2, 0.25) is 12.5 Å². The van der Waals surface area contributed by atoms with Crippen LogP contribution in [0.4, 0.5) is 0 Å². The van der Waals surface area contributed by atoms with E-state index in [-0.39, 0.29) is 42.5 Å². The van der Waals surface area contributed by atoms with Crippen LogP contribution in [0, 0.1) is 11.8 Å². The lowest BCUT2D eigenvalue weighted by Crippen LogP contribution is -2.35. The normalized spacial score (nSPS) is 24.8. The van der Waals surface area contributed by atoms with Crippen LogP contribution in [0.25, 0.3) is 0 Å². The maximum Gasteiger partial charge on any atom is 0.525 e. The van der Waals surface area contributed by atoms with Gasteiger partial charge in [-0.05, 0) is 41.0 Å². The van der Waals surface area contributed by atoms with Crippen LogP contribution in [-0.2, 0) is 18.8 Å². The molecule has 0 amide bonds. The molecule has 2 aromatic rings. The van der Waals surface area contributed by atoms with Gasteiger partial charge in [-0.1, -0.05) is 0 Å². The summed E-state index contributed by atoms with van der Waals surface area (Å²) in [6.45, 7) is 0.283. The summed E-state index contributed by atoms with van der Waals surface area (Å²) >= 11 is 0. The summed E-state index contributed by atoms with van der Waals surface area (Å²) < 4.78 is 49.5. The Hall–Kier alpha value is -2.98. The van der Waals surface area contributed by atoms with Crippen LogP contribution >= 0.6 is 7.82 Å². The second-order valence-electron chi connectivity index (χ2n) is 8.12. The van der Waals surface area contributed by atoms with E-state index in [2.05, 4.69) is 0 Å². The number of hydrogen-bond donors (Lipinski definition) is 2. The third-order valence-electron chi connectivity index (χ3n) is 6.43. The first-order valence-electron chi connectivity index (χ1n) is 10.4. The quantitative estimate of drug-likeness (QED) is 0.452. The number of ether oxygens (including phenoxy) is 6. The number of benzene rings is 2. The summed E-state index contributed by atoms with van der Waals surface area (Å²) in [7, 11) is -0.638. The van der Waals surface area contributed by atoms with Crippen molar-refractivity contribution in [2.75, 3.05) is 34.7 Å². The average molecular weight is 494 g/mol. The van der Waals surface area contributed by atoms with E-state index in [1.165, 1.54) is 14.2 Å². The fourth-order valence-corrected chi connectivity index (χ4v) is 5.52. The lowest BCUT2D eigenvalue weighted by atomic mass is 9.66. The summed E-state index contributed by atoms with van der Waals surface area (Å²) in [6, 6.07) is 6.83. The summed E-state index contributed by atoms with van der Waals surface area (Å²) in [5.41, 5.74) is 2.23. The van der Waals surface area contributed by atoms with E-state index in [0.29, 0.717) is 17.1 Å². The van der Waals surface area contributed by atoms with Gasteiger partial charge in [0.15, 0.2) is 23.0 Å². The van der Waals surface area contributed by atoms with E-state index >= 15 is 0 Å². The molecular formula is C22H23O11P. The second-order valence-corrected chi connectivity index (χ2v) is 9.29. The van der Waals surface area contributed by atoms with E-state index in [1.54, 1.807) is 19.2 Å². The van der Waals surface area contributed by atoms with E-state index in [0.717, 1.165) is 11.1 Å². The molecule has 0 aromatic heterocycles. The fourth-order valence-electron chi connectivity index (χ4n) is 5.10. The van der Waals surface area contributed by atoms with Crippen molar-refractivity contribution < 1.29 is 52.1 Å². The second kappa shape index (κ2) is 8.35. The molecule has 5 rings (SSSR count). The van der Waals surface area contributed by atoms with Crippen LogP contribution < -0.4 is 23.5 Å². The van der Waals surface area contributed by atoms with Crippen LogP contribution in [0.15, 0.2) is 24.3 Å². The summed E-state index contributed by atoms with van der Waals surface area (Å²) in [4.78, 5) is 31.6. The summed E-state index contributed by atoms with van der Waals surface area (Å²) in [5.74, 6) is -0.763. The van der Waals surface area contributed by atoms with Gasteiger partial charge >= 0.3 is 13.8 Å². The molecule has 1 saturated heterocycles. The number of hydrogen-bond acceptors (Lipinski definition) is 9. The topological polar surface area (TPSA) is 139 Å². The van der Waals surface area contributed by atoms with Crippen molar-refractivity contribution in [2.45, 2.75) is 12.0 Å². The molecule has 34 heavy (non-hydrogen) atoms. The predicted molar refractivity (Wildman–Crippen MR) is 114 cm³/mol. The average Bonchev–Trinajstić information content (AvgIpc) is 3.41. The minimum atomic E-state index is -4.90. The highest BCUT2D eigenvalue weighted by molar-refractivity contribution is 7.46. The minimum Gasteiger partial charge on any atom is -0.493 e. The highest BCUT2D eigenvalue weighted by Gasteiger charge is 2.53. The third-order valence-corrected chi connectivity index (χ3v) is 6.85. The molecule has 2 heterocycles. The number of fused-ring (bicyclic) bond motifs is 3. The van der Waals surface area contributed by atoms with Crippen molar-refractivity contribution in [1.82, 2.24) is 0 Å². The van der Waals surface area contributed by atoms with Crippen molar-refractivity contribution >= 4 is 13.8 Å². The minimum absolute atomic E-state index is 0.0387. The van der Waals surface area contributed by atoms with Crippen molar-refractivity contribution in [3.63, 3.8) is 0 Å². The molecule has 3 aliphatic rings. The van der Waals surface area contributed by atoms with Gasteiger partial charge in [0, 0.05) is 18.9 Å². The zero-order valence-corrected chi connectivity index (χ0v) is 19.4. The molecule has 1 fully saturated rings. The molecular weight excluding hydrogens is 471 g/mol. The smallest absolute Gasteiger partial charge is 0.493 e. The summed E-state index contributed by atoms with van der Waals surface area (Å²) in [6.07, 6.45) is -0.404. The monoisotopic (exact) mass is 494 g/mol. The largest absolute Gasteiger partial charge is 0.525 e. The third kappa shape index (κ3) is 3.65. The molecule has 2 aliphatic heterocycles. The van der Waals surface area contributed by atoms with Crippen LogP contribution in [0.3, 0.4) is 0 Å². The molecule has 2 N–H and O–H groups in total. The first kappa shape index (κ1) is 22.8. The number of esters is 1. The molecule has 0 spiro atoms. The number of rotatable bonds is 6. The van der Waals surface area contributed by atoms with Gasteiger partial charge in [0.1, 0.15) is 0 Å². The molecule has 0 bridgehead atoms. The Balaban J connectivity index is 1.72. The molecule has 12 heteroatoms. The number of phosphoric ester groups is 1. The molecule has 1 aliphatic carbocycles. The Kier molecular flexibility index (Phi) is 5.60. The van der Waals surface area contributed by atoms with E-state index in [9.17, 15) is 19.1 Å². The Morgan fingerprint density at radius 2 is 1.56 bits per heavy atom. The number of cyclic esters (lactones) is 1. The molecule has 0 radical (unpaired) electrons. The Morgan fingerprint density at radius 1 is 0.941 bits per heavy atom. The maximum absolute atomic E-state index is 12.9. The van der Waals surface area contributed by atoms with E-state index in [1.807, 2.05) is 12.1 Å². The van der Waals surface area contributed by atoms with Gasteiger partial charge in [-0.15, -0.1) is 0 Å². The van der Waals surface area contributed by atoms with Gasteiger partial charge < -0.3 is 32.9 Å². The number of methoxy groups -OCH3 is 3. The highest BCUT2D eigenvalue weighted by Crippen LogP contribution is 2.57. The maximum atomic E-state index is 12.9. The van der Waals surface area contributed by atoms with Crippen molar-refractivity contribution in [3.8, 4) is 28.7 Å². The van der Waals surface area contributed by atoms with Crippen molar-refractivity contribution in [2.24, 2.45) is 11.8 Å². The first-order valence-corrected chi connectivity index (χ1v) is 11.9. The van der Waals surface area contributed by atoms with Crippen LogP contribution in [0.1, 0.15) is 28.7 Å². The standard InChI is InChI=1S/C22H23O11P/c1-27-16-4-10(5-17(28-2)21(16)33-34(24,25)26)18-11-6-14-15(32-9-31-14)7-12(11)20(29-3)13-8-30-22(23)19(13)18/h4-7,13,18-20H,8-9H2,1-3H3,(H2,24,25,26)/t13?,18-,19+,20+/m1/s1. The molecule has 1 unspecified atom stereocenters. The van der Waals surface area contributed by atoms with Gasteiger partial charge in [-0.25, -0.2) is 4.57 Å². The highest BCUT2D eigenvalue weighted by atomic mass is 31.2. The Morgan fingerprint density at radius 3 is 2.12 bits per heavy atom. The molecule has 2 aromatic carbocycles. The zero-order chi connectivity index (χ0) is 24.2. The number of carbonyl (C=O) groups is 1. The predicted octanol–water partition coefficient (Wildman–Crippen LogP) is 2.53. The van der Waals surface area contributed by atoms with Crippen LogP contribution in [-0.4, -0.2) is 50.5 Å². The van der Waals surface area contributed by atoms with Gasteiger partial charge in [0.25, 0.3) is 0 Å². The Labute approximate surface area is 194 Å². The molecule has 11 nitrogen and oxygen atoms in total. The first-order chi connectivity index (χ1) is 16.3. The van der Waals surface area contributed by atoms with E-state index in [4.69, 9.17) is 32.9 Å². The lowest BCUT2D eigenvalue weighted by molar-refractivity contribution is -0.141.